The minimum absolute atomic E-state index is 0.180. The number of amides is 2. The number of hydrogen-bond acceptors (Lipinski definition) is 5. The molecule has 6 nitrogen and oxygen atoms in total. The largest absolute Gasteiger partial charge is 0.462 e. The summed E-state index contributed by atoms with van der Waals surface area (Å²) in [5.74, 6) is -0.462. The normalized spacial score (nSPS) is 19.4. The zero-order valence-corrected chi connectivity index (χ0v) is 20.2. The molecule has 2 saturated heterocycles. The van der Waals surface area contributed by atoms with Gasteiger partial charge in [0.2, 0.25) is 5.91 Å². The number of esters is 1. The first-order valence-electron chi connectivity index (χ1n) is 12.6. The first-order chi connectivity index (χ1) is 17.0. The Hall–Kier alpha value is -3.06. The lowest BCUT2D eigenvalue weighted by Gasteiger charge is -2.34. The molecule has 0 radical (unpaired) electrons. The molecule has 2 aliphatic rings. The molecule has 0 aromatic heterocycles. The zero-order chi connectivity index (χ0) is 24.8. The van der Waals surface area contributed by atoms with E-state index in [4.69, 9.17) is 4.74 Å². The lowest BCUT2D eigenvalue weighted by atomic mass is 9.90. The van der Waals surface area contributed by atoms with Crippen molar-refractivity contribution >= 4 is 23.5 Å². The van der Waals surface area contributed by atoms with Crippen molar-refractivity contribution in [3.63, 3.8) is 0 Å². The van der Waals surface area contributed by atoms with Crippen LogP contribution in [-0.2, 0) is 20.7 Å². The Balaban J connectivity index is 1.29. The van der Waals surface area contributed by atoms with Crippen LogP contribution in [0.15, 0.2) is 48.5 Å². The van der Waals surface area contributed by atoms with Crippen molar-refractivity contribution in [2.45, 2.75) is 57.9 Å². The summed E-state index contributed by atoms with van der Waals surface area (Å²) in [7, 11) is 0. The third kappa shape index (κ3) is 6.14. The summed E-state index contributed by atoms with van der Waals surface area (Å²) in [6.45, 7) is 3.98. The fraction of sp³-hybridized carbons (Fsp3) is 0.464. The Labute approximate surface area is 206 Å². The van der Waals surface area contributed by atoms with Gasteiger partial charge < -0.3 is 4.74 Å². The molecule has 1 unspecified atom stereocenters. The number of unbranched alkanes of at least 4 members (excludes halogenated alkanes) is 1. The van der Waals surface area contributed by atoms with Crippen LogP contribution in [0.2, 0.25) is 0 Å². The monoisotopic (exact) mass is 480 g/mol. The third-order valence-corrected chi connectivity index (χ3v) is 7.06. The summed E-state index contributed by atoms with van der Waals surface area (Å²) in [5.41, 5.74) is 2.03. The molecule has 7 heteroatoms. The van der Waals surface area contributed by atoms with Crippen molar-refractivity contribution in [2.75, 3.05) is 24.6 Å². The van der Waals surface area contributed by atoms with Gasteiger partial charge in [0.1, 0.15) is 5.82 Å². The van der Waals surface area contributed by atoms with Gasteiger partial charge in [-0.2, -0.15) is 0 Å². The maximum atomic E-state index is 13.2. The second kappa shape index (κ2) is 11.6. The second-order valence-electron chi connectivity index (χ2n) is 9.47. The summed E-state index contributed by atoms with van der Waals surface area (Å²) < 4.78 is 18.3. The number of benzene rings is 2. The second-order valence-corrected chi connectivity index (χ2v) is 9.47. The van der Waals surface area contributed by atoms with Gasteiger partial charge >= 0.3 is 5.97 Å². The molecule has 186 valence electrons. The molecule has 2 amide bonds. The molecular formula is C28H33FN2O4. The zero-order valence-electron chi connectivity index (χ0n) is 20.2. The van der Waals surface area contributed by atoms with E-state index in [1.165, 1.54) is 17.0 Å². The van der Waals surface area contributed by atoms with Gasteiger partial charge in [-0.1, -0.05) is 25.5 Å². The molecule has 2 heterocycles. The molecule has 0 aliphatic carbocycles. The van der Waals surface area contributed by atoms with Gasteiger partial charge in [0.25, 0.3) is 5.91 Å². The van der Waals surface area contributed by atoms with Crippen molar-refractivity contribution < 1.29 is 23.5 Å². The molecule has 4 rings (SSSR count). The summed E-state index contributed by atoms with van der Waals surface area (Å²) >= 11 is 0. The quantitative estimate of drug-likeness (QED) is 0.294. The molecule has 2 aliphatic heterocycles. The fourth-order valence-corrected chi connectivity index (χ4v) is 4.89. The lowest BCUT2D eigenvalue weighted by molar-refractivity contribution is -0.123. The van der Waals surface area contributed by atoms with Crippen LogP contribution in [0.1, 0.15) is 61.4 Å². The van der Waals surface area contributed by atoms with Crippen LogP contribution in [0, 0.1) is 11.7 Å². The molecule has 0 bridgehead atoms. The Morgan fingerprint density at radius 1 is 1.03 bits per heavy atom. The van der Waals surface area contributed by atoms with Crippen molar-refractivity contribution in [2.24, 2.45) is 5.92 Å². The van der Waals surface area contributed by atoms with Gasteiger partial charge in [0, 0.05) is 0 Å². The van der Waals surface area contributed by atoms with E-state index in [2.05, 4.69) is 4.90 Å². The summed E-state index contributed by atoms with van der Waals surface area (Å²) in [5, 5.41) is 0. The number of carbonyl (C=O) groups excluding carboxylic acids is 3. The Kier molecular flexibility index (Phi) is 8.29. The van der Waals surface area contributed by atoms with Crippen molar-refractivity contribution in [3.05, 3.63) is 65.5 Å². The summed E-state index contributed by atoms with van der Waals surface area (Å²) in [6.07, 6.45) is 5.85. The highest BCUT2D eigenvalue weighted by Gasteiger charge is 2.43. The highest BCUT2D eigenvalue weighted by Crippen LogP contribution is 2.30. The number of carbonyl (C=O) groups is 3. The molecule has 2 aromatic rings. The molecule has 2 fully saturated rings. The average Bonchev–Trinajstić information content (AvgIpc) is 3.17. The Morgan fingerprint density at radius 3 is 2.37 bits per heavy atom. The number of likely N-dealkylation sites (tertiary alicyclic amines) is 1. The van der Waals surface area contributed by atoms with Crippen LogP contribution >= 0.6 is 0 Å². The SMILES string of the molecule is CCCCOC(=O)c1ccc(N2C(=O)CC(N3CCC(CCc4ccc(F)cc4)CC3)C2=O)cc1. The van der Waals surface area contributed by atoms with Gasteiger partial charge in [-0.3, -0.25) is 14.5 Å². The van der Waals surface area contributed by atoms with E-state index >= 15 is 0 Å². The third-order valence-electron chi connectivity index (χ3n) is 7.06. The molecule has 0 saturated carbocycles. The smallest absolute Gasteiger partial charge is 0.338 e. The summed E-state index contributed by atoms with van der Waals surface area (Å²) in [4.78, 5) is 41.4. The van der Waals surface area contributed by atoms with E-state index < -0.39 is 12.0 Å². The number of nitrogens with zero attached hydrogens (tertiary/aromatic N) is 2. The van der Waals surface area contributed by atoms with E-state index in [9.17, 15) is 18.8 Å². The minimum Gasteiger partial charge on any atom is -0.462 e. The Bertz CT molecular complexity index is 1030. The van der Waals surface area contributed by atoms with Gasteiger partial charge in [-0.15, -0.1) is 0 Å². The predicted molar refractivity (Wildman–Crippen MR) is 132 cm³/mol. The molecule has 0 N–H and O–H groups in total. The van der Waals surface area contributed by atoms with E-state index in [1.54, 1.807) is 24.3 Å². The molecule has 0 spiro atoms. The first-order valence-corrected chi connectivity index (χ1v) is 12.6. The van der Waals surface area contributed by atoms with Gasteiger partial charge in [-0.05, 0) is 93.1 Å². The van der Waals surface area contributed by atoms with Gasteiger partial charge in [0.15, 0.2) is 0 Å². The number of piperidine rings is 1. The van der Waals surface area contributed by atoms with E-state index in [0.717, 1.165) is 57.2 Å². The molecule has 35 heavy (non-hydrogen) atoms. The van der Waals surface area contributed by atoms with Gasteiger partial charge in [-0.25, -0.2) is 14.1 Å². The maximum Gasteiger partial charge on any atom is 0.338 e. The number of ether oxygens (including phenoxy) is 1. The molecular weight excluding hydrogens is 447 g/mol. The minimum atomic E-state index is -0.431. The van der Waals surface area contributed by atoms with Crippen LogP contribution in [0.3, 0.4) is 0 Å². The number of rotatable bonds is 9. The maximum absolute atomic E-state index is 13.2. The van der Waals surface area contributed by atoms with Gasteiger partial charge in [0.05, 0.1) is 30.3 Å². The highest BCUT2D eigenvalue weighted by molar-refractivity contribution is 6.22. The van der Waals surface area contributed by atoms with Crippen molar-refractivity contribution in [3.8, 4) is 0 Å². The highest BCUT2D eigenvalue weighted by atomic mass is 19.1. The Morgan fingerprint density at radius 2 is 1.71 bits per heavy atom. The van der Waals surface area contributed by atoms with E-state index in [-0.39, 0.29) is 24.1 Å². The van der Waals surface area contributed by atoms with E-state index in [0.29, 0.717) is 23.8 Å². The van der Waals surface area contributed by atoms with Crippen LogP contribution in [0.4, 0.5) is 10.1 Å². The molecule has 2 aromatic carbocycles. The standard InChI is InChI=1S/C28H33FN2O4/c1-2-3-18-35-28(34)22-8-12-24(13-9-22)31-26(32)19-25(27(31)33)30-16-14-21(15-17-30)5-4-20-6-10-23(29)11-7-20/h6-13,21,25H,2-5,14-19H2,1H3. The van der Waals surface area contributed by atoms with Crippen LogP contribution in [-0.4, -0.2) is 48.4 Å². The van der Waals surface area contributed by atoms with Crippen LogP contribution < -0.4 is 4.90 Å². The van der Waals surface area contributed by atoms with Crippen molar-refractivity contribution in [1.29, 1.82) is 0 Å². The predicted octanol–water partition coefficient (Wildman–Crippen LogP) is 4.76. The van der Waals surface area contributed by atoms with Crippen molar-refractivity contribution in [1.82, 2.24) is 4.90 Å². The topological polar surface area (TPSA) is 66.9 Å². The number of hydrogen-bond donors (Lipinski definition) is 0. The van der Waals surface area contributed by atoms with Crippen LogP contribution in [0.25, 0.3) is 0 Å². The lowest BCUT2D eigenvalue weighted by Crippen LogP contribution is -2.46. The number of halogens is 1. The summed E-state index contributed by atoms with van der Waals surface area (Å²) in [6, 6.07) is 12.7. The number of anilines is 1. The van der Waals surface area contributed by atoms with E-state index in [1.807, 2.05) is 19.1 Å². The van der Waals surface area contributed by atoms with Crippen LogP contribution in [0.5, 0.6) is 0 Å². The fourth-order valence-electron chi connectivity index (χ4n) is 4.89. The average molecular weight is 481 g/mol. The number of imide groups is 1. The molecule has 1 atom stereocenters. The first kappa shape index (κ1) is 25.0. The number of aryl methyl sites for hydroxylation is 1.